The van der Waals surface area contributed by atoms with Gasteiger partial charge in [0, 0.05) is 24.9 Å². The Balaban J connectivity index is 1.15. The van der Waals surface area contributed by atoms with Crippen molar-refractivity contribution in [3.63, 3.8) is 0 Å². The number of furan rings is 1. The third kappa shape index (κ3) is 4.38. The first-order valence-corrected chi connectivity index (χ1v) is 11.8. The van der Waals surface area contributed by atoms with Gasteiger partial charge in [-0.2, -0.15) is 5.10 Å². The first-order chi connectivity index (χ1) is 16.2. The summed E-state index contributed by atoms with van der Waals surface area (Å²) in [5.74, 6) is 2.06. The van der Waals surface area contributed by atoms with Crippen LogP contribution in [0.15, 0.2) is 64.0 Å². The molecule has 7 nitrogen and oxygen atoms in total. The molecule has 4 aromatic rings. The molecule has 2 aromatic carbocycles. The summed E-state index contributed by atoms with van der Waals surface area (Å²) in [6.07, 6.45) is 6.21. The smallest absolute Gasteiger partial charge is 0.347 e. The second-order valence-electron chi connectivity index (χ2n) is 9.38. The maximum Gasteiger partial charge on any atom is 0.347 e. The summed E-state index contributed by atoms with van der Waals surface area (Å²) >= 11 is 0. The van der Waals surface area contributed by atoms with E-state index in [1.165, 1.54) is 12.8 Å². The fraction of sp³-hybridized carbons (Fsp3) is 0.385. The summed E-state index contributed by atoms with van der Waals surface area (Å²) < 4.78 is 13.1. The summed E-state index contributed by atoms with van der Waals surface area (Å²) in [7, 11) is 0. The molecule has 1 saturated carbocycles. The number of fused-ring (bicyclic) bond motifs is 1. The van der Waals surface area contributed by atoms with E-state index >= 15 is 0 Å². The average molecular weight is 445 g/mol. The molecule has 1 aliphatic heterocycles. The molecule has 1 atom stereocenters. The molecule has 33 heavy (non-hydrogen) atoms. The van der Waals surface area contributed by atoms with Gasteiger partial charge in [-0.15, -0.1) is 0 Å². The Morgan fingerprint density at radius 3 is 2.73 bits per heavy atom. The van der Waals surface area contributed by atoms with Gasteiger partial charge in [0.15, 0.2) is 0 Å². The van der Waals surface area contributed by atoms with Crippen LogP contribution in [0.25, 0.3) is 27.8 Å². The van der Waals surface area contributed by atoms with Crippen LogP contribution in [0.2, 0.25) is 0 Å². The van der Waals surface area contributed by atoms with E-state index in [1.54, 1.807) is 10.8 Å². The maximum atomic E-state index is 12.6. The Hall–Kier alpha value is -3.16. The third-order valence-corrected chi connectivity index (χ3v) is 6.82. The van der Waals surface area contributed by atoms with Crippen LogP contribution in [-0.2, 0) is 11.2 Å². The number of nitrogens with one attached hydrogen (secondary N) is 1. The van der Waals surface area contributed by atoms with Gasteiger partial charge in [-0.25, -0.2) is 14.5 Å². The van der Waals surface area contributed by atoms with E-state index in [-0.39, 0.29) is 5.69 Å². The van der Waals surface area contributed by atoms with E-state index in [4.69, 9.17) is 9.15 Å². The molecule has 2 aliphatic rings. The summed E-state index contributed by atoms with van der Waals surface area (Å²) in [4.78, 5) is 14.9. The molecule has 1 N–H and O–H groups in total. The molecule has 0 unspecified atom stereocenters. The highest BCUT2D eigenvalue weighted by atomic mass is 16.5. The second-order valence-corrected chi connectivity index (χ2v) is 9.38. The maximum absolute atomic E-state index is 12.6. The number of ether oxygens (including phenoxy) is 1. The number of rotatable bonds is 8. The molecule has 170 valence electrons. The molecule has 0 amide bonds. The molecule has 1 aliphatic carbocycles. The van der Waals surface area contributed by atoms with Crippen molar-refractivity contribution in [3.05, 3.63) is 71.1 Å². The Morgan fingerprint density at radius 2 is 1.88 bits per heavy atom. The Labute approximate surface area is 192 Å². The molecule has 0 bridgehead atoms. The lowest BCUT2D eigenvalue weighted by Gasteiger charge is -2.16. The van der Waals surface area contributed by atoms with Crippen LogP contribution in [0.5, 0.6) is 0 Å². The van der Waals surface area contributed by atoms with Crippen molar-refractivity contribution >= 4 is 11.0 Å². The van der Waals surface area contributed by atoms with E-state index in [0.29, 0.717) is 12.6 Å². The predicted octanol–water partition coefficient (Wildman–Crippen LogP) is 4.22. The van der Waals surface area contributed by atoms with E-state index in [2.05, 4.69) is 27.2 Å². The highest BCUT2D eigenvalue weighted by molar-refractivity contribution is 5.83. The largest absolute Gasteiger partial charge is 0.464 e. The van der Waals surface area contributed by atoms with Gasteiger partial charge >= 0.3 is 5.69 Å². The topological polar surface area (TPSA) is 76.3 Å². The molecule has 2 fully saturated rings. The SMILES string of the molecule is O=c1[nH]nc(C[C@@H]2CCN(COCC3CC3)C2)n1-c1ccc(-c2ccc3ccoc3c2)cc1. The number of likely N-dealkylation sites (tertiary alicyclic amines) is 1. The molecule has 7 heteroatoms. The van der Waals surface area contributed by atoms with E-state index in [1.807, 2.05) is 36.4 Å². The van der Waals surface area contributed by atoms with Crippen LogP contribution < -0.4 is 5.69 Å². The molecule has 1 saturated heterocycles. The number of benzene rings is 2. The van der Waals surface area contributed by atoms with Crippen LogP contribution in [0.3, 0.4) is 0 Å². The Kier molecular flexibility index (Phi) is 5.36. The number of aromatic nitrogens is 3. The fourth-order valence-electron chi connectivity index (χ4n) is 4.76. The van der Waals surface area contributed by atoms with Gasteiger partial charge in [0.25, 0.3) is 0 Å². The van der Waals surface area contributed by atoms with Gasteiger partial charge in [0.1, 0.15) is 11.4 Å². The molecular formula is C26H28N4O3. The monoisotopic (exact) mass is 444 g/mol. The molecule has 0 spiro atoms. The number of H-pyrrole nitrogens is 1. The summed E-state index contributed by atoms with van der Waals surface area (Å²) in [6, 6.07) is 16.2. The quantitative estimate of drug-likeness (QED) is 0.440. The summed E-state index contributed by atoms with van der Waals surface area (Å²) in [5.41, 5.74) is 3.66. The fourth-order valence-corrected chi connectivity index (χ4v) is 4.76. The summed E-state index contributed by atoms with van der Waals surface area (Å²) in [6.45, 7) is 3.63. The van der Waals surface area contributed by atoms with Gasteiger partial charge < -0.3 is 9.15 Å². The summed E-state index contributed by atoms with van der Waals surface area (Å²) in [5, 5.41) is 8.08. The number of hydrogen-bond donors (Lipinski definition) is 1. The van der Waals surface area contributed by atoms with Crippen LogP contribution in [0, 0.1) is 11.8 Å². The van der Waals surface area contributed by atoms with Crippen LogP contribution in [0.4, 0.5) is 0 Å². The predicted molar refractivity (Wildman–Crippen MR) is 126 cm³/mol. The van der Waals surface area contributed by atoms with Crippen LogP contribution >= 0.6 is 0 Å². The number of aromatic amines is 1. The highest BCUT2D eigenvalue weighted by Crippen LogP contribution is 2.29. The standard InChI is InChI=1S/C26H28N4O3/c31-26-28-27-25(13-19-9-11-29(15-19)17-32-16-18-1-2-18)30(26)23-7-5-20(6-8-23)22-4-3-21-10-12-33-24(21)14-22/h3-8,10,12,14,18-19H,1-2,9,11,13,15-17H2,(H,28,31)/t19-/m0/s1. The molecule has 3 heterocycles. The Morgan fingerprint density at radius 1 is 1.03 bits per heavy atom. The van der Waals surface area contributed by atoms with Gasteiger partial charge in [-0.3, -0.25) is 4.90 Å². The molecule has 0 radical (unpaired) electrons. The van der Waals surface area contributed by atoms with E-state index in [9.17, 15) is 4.79 Å². The van der Waals surface area contributed by atoms with Crippen molar-refractivity contribution in [1.29, 1.82) is 0 Å². The molecule has 2 aromatic heterocycles. The zero-order valence-electron chi connectivity index (χ0n) is 18.6. The minimum absolute atomic E-state index is 0.197. The van der Waals surface area contributed by atoms with Gasteiger partial charge in [-0.05, 0) is 66.5 Å². The van der Waals surface area contributed by atoms with Crippen molar-refractivity contribution in [1.82, 2.24) is 19.7 Å². The first-order valence-electron chi connectivity index (χ1n) is 11.8. The Bertz CT molecular complexity index is 1300. The van der Waals surface area contributed by atoms with Gasteiger partial charge in [-0.1, -0.05) is 24.3 Å². The lowest BCUT2D eigenvalue weighted by molar-refractivity contribution is 0.0339. The van der Waals surface area contributed by atoms with Crippen molar-refractivity contribution < 1.29 is 9.15 Å². The molecule has 6 rings (SSSR count). The van der Waals surface area contributed by atoms with E-state index in [0.717, 1.165) is 72.1 Å². The lowest BCUT2D eigenvalue weighted by Crippen LogP contribution is -2.25. The highest BCUT2D eigenvalue weighted by Gasteiger charge is 2.26. The molecular weight excluding hydrogens is 416 g/mol. The zero-order chi connectivity index (χ0) is 22.2. The van der Waals surface area contributed by atoms with Crippen LogP contribution in [-0.4, -0.2) is 46.1 Å². The van der Waals surface area contributed by atoms with Crippen molar-refractivity contribution in [2.75, 3.05) is 26.4 Å². The second kappa shape index (κ2) is 8.65. The van der Waals surface area contributed by atoms with Crippen LogP contribution in [0.1, 0.15) is 25.1 Å². The normalized spacial score (nSPS) is 19.0. The lowest BCUT2D eigenvalue weighted by atomic mass is 10.0. The zero-order valence-corrected chi connectivity index (χ0v) is 18.6. The minimum Gasteiger partial charge on any atom is -0.464 e. The van der Waals surface area contributed by atoms with E-state index < -0.39 is 0 Å². The van der Waals surface area contributed by atoms with Crippen molar-refractivity contribution in [2.45, 2.75) is 25.7 Å². The van der Waals surface area contributed by atoms with Gasteiger partial charge in [0.05, 0.1) is 25.3 Å². The third-order valence-electron chi connectivity index (χ3n) is 6.82. The number of hydrogen-bond acceptors (Lipinski definition) is 5. The number of nitrogens with zero attached hydrogens (tertiary/aromatic N) is 3. The average Bonchev–Trinajstić information content (AvgIpc) is 3.19. The minimum atomic E-state index is -0.197. The van der Waals surface area contributed by atoms with Gasteiger partial charge in [0.2, 0.25) is 0 Å². The van der Waals surface area contributed by atoms with Crippen molar-refractivity contribution in [2.24, 2.45) is 11.8 Å². The van der Waals surface area contributed by atoms with Crippen molar-refractivity contribution in [3.8, 4) is 16.8 Å². The first kappa shape index (κ1) is 20.4.